The second-order valence-electron chi connectivity index (χ2n) is 3.60. The average molecular weight is 218 g/mol. The van der Waals surface area contributed by atoms with Gasteiger partial charge in [0.25, 0.3) is 0 Å². The van der Waals surface area contributed by atoms with Crippen molar-refractivity contribution < 1.29 is 10.2 Å². The van der Waals surface area contributed by atoms with Gasteiger partial charge in [0, 0.05) is 5.39 Å². The minimum Gasteiger partial charge on any atom is -0.394 e. The molecule has 84 valence electrons. The van der Waals surface area contributed by atoms with Crippen molar-refractivity contribution >= 4 is 16.7 Å². The lowest BCUT2D eigenvalue weighted by Crippen LogP contribution is -2.28. The molecule has 0 aliphatic heterocycles. The summed E-state index contributed by atoms with van der Waals surface area (Å²) in [7, 11) is 0. The molecule has 0 saturated carbocycles. The van der Waals surface area contributed by atoms with E-state index in [0.29, 0.717) is 5.82 Å². The van der Waals surface area contributed by atoms with E-state index < -0.39 is 0 Å². The topological polar surface area (TPSA) is 65.4 Å². The third-order valence-corrected chi connectivity index (χ3v) is 2.39. The molecule has 0 amide bonds. The van der Waals surface area contributed by atoms with Crippen LogP contribution in [0.25, 0.3) is 10.9 Å². The van der Waals surface area contributed by atoms with Crippen molar-refractivity contribution in [3.05, 3.63) is 36.4 Å². The fourth-order valence-corrected chi connectivity index (χ4v) is 1.50. The van der Waals surface area contributed by atoms with Gasteiger partial charge in [0.2, 0.25) is 0 Å². The molecule has 3 N–H and O–H groups in total. The SMILES string of the molecule is OCC(CO)Nc1ccc2ccccc2n1. The summed E-state index contributed by atoms with van der Waals surface area (Å²) in [6.45, 7) is -0.240. The maximum atomic E-state index is 8.95. The molecule has 16 heavy (non-hydrogen) atoms. The Kier molecular flexibility index (Phi) is 3.34. The summed E-state index contributed by atoms with van der Waals surface area (Å²) in [5.74, 6) is 0.659. The number of benzene rings is 1. The van der Waals surface area contributed by atoms with E-state index in [-0.39, 0.29) is 19.3 Å². The molecule has 4 heteroatoms. The average Bonchev–Trinajstić information content (AvgIpc) is 2.35. The monoisotopic (exact) mass is 218 g/mol. The van der Waals surface area contributed by atoms with Crippen LogP contribution in [0.2, 0.25) is 0 Å². The molecule has 0 radical (unpaired) electrons. The molecule has 0 spiro atoms. The summed E-state index contributed by atoms with van der Waals surface area (Å²) in [5.41, 5.74) is 0.891. The van der Waals surface area contributed by atoms with Crippen LogP contribution < -0.4 is 5.32 Å². The number of rotatable bonds is 4. The van der Waals surface area contributed by atoms with Crippen LogP contribution >= 0.6 is 0 Å². The van der Waals surface area contributed by atoms with Gasteiger partial charge in [-0.05, 0) is 18.2 Å². The minimum absolute atomic E-state index is 0.120. The first-order valence-electron chi connectivity index (χ1n) is 5.17. The molecule has 2 aromatic rings. The van der Waals surface area contributed by atoms with Crippen LogP contribution in [0.4, 0.5) is 5.82 Å². The number of aliphatic hydroxyl groups excluding tert-OH is 2. The standard InChI is InChI=1S/C12H14N2O2/c15-7-10(8-16)13-12-6-5-9-3-1-2-4-11(9)14-12/h1-6,10,15-16H,7-8H2,(H,13,14). The molecule has 1 aromatic heterocycles. The Labute approximate surface area is 93.6 Å². The Morgan fingerprint density at radius 2 is 1.81 bits per heavy atom. The predicted octanol–water partition coefficient (Wildman–Crippen LogP) is 1.000. The second kappa shape index (κ2) is 4.92. The summed E-state index contributed by atoms with van der Waals surface area (Å²) in [6.07, 6.45) is 0. The highest BCUT2D eigenvalue weighted by molar-refractivity contribution is 5.80. The third-order valence-electron chi connectivity index (χ3n) is 2.39. The number of aliphatic hydroxyl groups is 2. The summed E-state index contributed by atoms with van der Waals surface area (Å²) >= 11 is 0. The number of anilines is 1. The molecule has 2 rings (SSSR count). The highest BCUT2D eigenvalue weighted by atomic mass is 16.3. The normalized spacial score (nSPS) is 10.9. The number of nitrogens with one attached hydrogen (secondary N) is 1. The van der Waals surface area contributed by atoms with E-state index in [1.165, 1.54) is 0 Å². The lowest BCUT2D eigenvalue weighted by molar-refractivity contribution is 0.203. The van der Waals surface area contributed by atoms with Crippen LogP contribution in [0.1, 0.15) is 0 Å². The van der Waals surface area contributed by atoms with E-state index in [2.05, 4.69) is 10.3 Å². The van der Waals surface area contributed by atoms with Gasteiger partial charge in [-0.1, -0.05) is 18.2 Å². The summed E-state index contributed by atoms with van der Waals surface area (Å²) < 4.78 is 0. The molecule has 0 aliphatic carbocycles. The highest BCUT2D eigenvalue weighted by Gasteiger charge is 2.06. The van der Waals surface area contributed by atoms with Gasteiger partial charge in [0.1, 0.15) is 5.82 Å². The minimum atomic E-state index is -0.367. The van der Waals surface area contributed by atoms with Crippen molar-refractivity contribution in [2.75, 3.05) is 18.5 Å². The Hall–Kier alpha value is -1.65. The van der Waals surface area contributed by atoms with Crippen LogP contribution in [0.5, 0.6) is 0 Å². The zero-order valence-corrected chi connectivity index (χ0v) is 8.80. The molecular weight excluding hydrogens is 204 g/mol. The van der Waals surface area contributed by atoms with Crippen molar-refractivity contribution in [3.63, 3.8) is 0 Å². The first kappa shape index (κ1) is 10.9. The number of hydrogen-bond acceptors (Lipinski definition) is 4. The van der Waals surface area contributed by atoms with Gasteiger partial charge >= 0.3 is 0 Å². The zero-order chi connectivity index (χ0) is 11.4. The molecule has 1 heterocycles. The number of aromatic nitrogens is 1. The van der Waals surface area contributed by atoms with Crippen LogP contribution in [-0.4, -0.2) is 34.5 Å². The fraction of sp³-hybridized carbons (Fsp3) is 0.250. The molecular formula is C12H14N2O2. The van der Waals surface area contributed by atoms with Crippen molar-refractivity contribution in [2.45, 2.75) is 6.04 Å². The molecule has 0 saturated heterocycles. The van der Waals surface area contributed by atoms with Crippen LogP contribution in [0.15, 0.2) is 36.4 Å². The van der Waals surface area contributed by atoms with E-state index in [1.807, 2.05) is 36.4 Å². The predicted molar refractivity (Wildman–Crippen MR) is 63.3 cm³/mol. The third kappa shape index (κ3) is 2.29. The highest BCUT2D eigenvalue weighted by Crippen LogP contribution is 2.14. The summed E-state index contributed by atoms with van der Waals surface area (Å²) in [5, 5.41) is 21.9. The van der Waals surface area contributed by atoms with E-state index in [0.717, 1.165) is 10.9 Å². The Morgan fingerprint density at radius 3 is 2.56 bits per heavy atom. The van der Waals surface area contributed by atoms with Crippen LogP contribution in [-0.2, 0) is 0 Å². The Balaban J connectivity index is 2.25. The van der Waals surface area contributed by atoms with Crippen molar-refractivity contribution in [1.29, 1.82) is 0 Å². The number of nitrogens with zero attached hydrogens (tertiary/aromatic N) is 1. The maximum absolute atomic E-state index is 8.95. The van der Waals surface area contributed by atoms with Gasteiger partial charge in [-0.3, -0.25) is 0 Å². The number of pyridine rings is 1. The fourth-order valence-electron chi connectivity index (χ4n) is 1.50. The first-order valence-corrected chi connectivity index (χ1v) is 5.17. The number of hydrogen-bond donors (Lipinski definition) is 3. The van der Waals surface area contributed by atoms with Gasteiger partial charge in [0.05, 0.1) is 24.8 Å². The van der Waals surface area contributed by atoms with E-state index in [1.54, 1.807) is 0 Å². The molecule has 0 aliphatic rings. The van der Waals surface area contributed by atoms with Crippen LogP contribution in [0.3, 0.4) is 0 Å². The smallest absolute Gasteiger partial charge is 0.127 e. The van der Waals surface area contributed by atoms with Gasteiger partial charge in [-0.15, -0.1) is 0 Å². The number of fused-ring (bicyclic) bond motifs is 1. The quantitative estimate of drug-likeness (QED) is 0.716. The van der Waals surface area contributed by atoms with Crippen molar-refractivity contribution in [2.24, 2.45) is 0 Å². The zero-order valence-electron chi connectivity index (χ0n) is 8.80. The van der Waals surface area contributed by atoms with Gasteiger partial charge in [-0.25, -0.2) is 4.98 Å². The molecule has 0 fully saturated rings. The van der Waals surface area contributed by atoms with E-state index >= 15 is 0 Å². The van der Waals surface area contributed by atoms with Crippen molar-refractivity contribution in [1.82, 2.24) is 4.98 Å². The summed E-state index contributed by atoms with van der Waals surface area (Å²) in [4.78, 5) is 4.38. The molecule has 1 aromatic carbocycles. The lowest BCUT2D eigenvalue weighted by atomic mass is 10.2. The Bertz CT molecular complexity index is 469. The maximum Gasteiger partial charge on any atom is 0.127 e. The largest absolute Gasteiger partial charge is 0.394 e. The molecule has 4 nitrogen and oxygen atoms in total. The van der Waals surface area contributed by atoms with E-state index in [9.17, 15) is 0 Å². The van der Waals surface area contributed by atoms with Gasteiger partial charge in [0.15, 0.2) is 0 Å². The molecule has 0 atom stereocenters. The van der Waals surface area contributed by atoms with Crippen molar-refractivity contribution in [3.8, 4) is 0 Å². The first-order chi connectivity index (χ1) is 7.83. The lowest BCUT2D eigenvalue weighted by Gasteiger charge is -2.14. The Morgan fingerprint density at radius 1 is 1.06 bits per heavy atom. The molecule has 0 unspecified atom stereocenters. The van der Waals surface area contributed by atoms with Gasteiger partial charge in [-0.2, -0.15) is 0 Å². The second-order valence-corrected chi connectivity index (χ2v) is 3.60. The summed E-state index contributed by atoms with van der Waals surface area (Å²) in [6, 6.07) is 11.2. The van der Waals surface area contributed by atoms with Crippen LogP contribution in [0, 0.1) is 0 Å². The van der Waals surface area contributed by atoms with E-state index in [4.69, 9.17) is 10.2 Å². The molecule has 0 bridgehead atoms. The van der Waals surface area contributed by atoms with Gasteiger partial charge < -0.3 is 15.5 Å². The number of para-hydroxylation sites is 1.